The van der Waals surface area contributed by atoms with E-state index < -0.39 is 10.0 Å². The number of nitrogen functional groups attached to an aromatic ring is 1. The highest BCUT2D eigenvalue weighted by Gasteiger charge is 2.21. The number of hydrogen-bond donors (Lipinski definition) is 2. The van der Waals surface area contributed by atoms with Gasteiger partial charge in [0.25, 0.3) is 0 Å². The standard InChI is InChI=1S/C13H19N3O4S/c1-20-12-8-10(4-5-11(12)14)21(18,19)15-9-13(17)16-6-2-3-7-16/h4-5,8,15H,2-3,6-7,9,14H2,1H3. The second-order valence-electron chi connectivity index (χ2n) is 4.82. The first-order valence-electron chi connectivity index (χ1n) is 6.65. The molecule has 8 heteroatoms. The maximum Gasteiger partial charge on any atom is 0.241 e. The van der Waals surface area contributed by atoms with Crippen LogP contribution in [0, 0.1) is 0 Å². The Hall–Kier alpha value is -1.80. The predicted octanol–water partition coefficient (Wildman–Crippen LogP) is 0.178. The summed E-state index contributed by atoms with van der Waals surface area (Å²) >= 11 is 0. The van der Waals surface area contributed by atoms with Crippen LogP contribution in [0.5, 0.6) is 5.75 Å². The van der Waals surface area contributed by atoms with Crippen molar-refractivity contribution < 1.29 is 17.9 Å². The number of benzene rings is 1. The van der Waals surface area contributed by atoms with Crippen LogP contribution in [0.25, 0.3) is 0 Å². The molecule has 0 atom stereocenters. The second kappa shape index (κ2) is 6.31. The number of likely N-dealkylation sites (tertiary alicyclic amines) is 1. The molecule has 0 saturated carbocycles. The van der Waals surface area contributed by atoms with Crippen LogP contribution in [-0.4, -0.2) is 46.0 Å². The van der Waals surface area contributed by atoms with Gasteiger partial charge in [0.05, 0.1) is 24.2 Å². The third-order valence-electron chi connectivity index (χ3n) is 3.39. The Kier molecular flexibility index (Phi) is 4.69. The molecule has 0 spiro atoms. The second-order valence-corrected chi connectivity index (χ2v) is 6.58. The number of ether oxygens (including phenoxy) is 1. The minimum atomic E-state index is -3.77. The molecule has 1 amide bonds. The summed E-state index contributed by atoms with van der Waals surface area (Å²) in [6.45, 7) is 1.14. The Labute approximate surface area is 124 Å². The van der Waals surface area contributed by atoms with Gasteiger partial charge in [-0.05, 0) is 25.0 Å². The van der Waals surface area contributed by atoms with E-state index in [1.165, 1.54) is 25.3 Å². The summed E-state index contributed by atoms with van der Waals surface area (Å²) in [7, 11) is -2.36. The highest BCUT2D eigenvalue weighted by molar-refractivity contribution is 7.89. The number of hydrogen-bond acceptors (Lipinski definition) is 5. The molecule has 3 N–H and O–H groups in total. The minimum Gasteiger partial charge on any atom is -0.495 e. The van der Waals surface area contributed by atoms with E-state index in [4.69, 9.17) is 10.5 Å². The van der Waals surface area contributed by atoms with Crippen LogP contribution >= 0.6 is 0 Å². The van der Waals surface area contributed by atoms with E-state index in [0.717, 1.165) is 12.8 Å². The quantitative estimate of drug-likeness (QED) is 0.755. The van der Waals surface area contributed by atoms with Gasteiger partial charge in [-0.15, -0.1) is 0 Å². The van der Waals surface area contributed by atoms with Crippen molar-refractivity contribution >= 4 is 21.6 Å². The maximum absolute atomic E-state index is 12.2. The van der Waals surface area contributed by atoms with Crippen LogP contribution in [0.15, 0.2) is 23.1 Å². The molecule has 0 unspecified atom stereocenters. The van der Waals surface area contributed by atoms with Crippen molar-refractivity contribution in [2.45, 2.75) is 17.7 Å². The first-order valence-corrected chi connectivity index (χ1v) is 8.13. The summed E-state index contributed by atoms with van der Waals surface area (Å²) in [4.78, 5) is 13.5. The molecule has 1 aliphatic rings. The first kappa shape index (κ1) is 15.6. The SMILES string of the molecule is COc1cc(S(=O)(=O)NCC(=O)N2CCCC2)ccc1N. The highest BCUT2D eigenvalue weighted by Crippen LogP contribution is 2.24. The summed E-state index contributed by atoms with van der Waals surface area (Å²) in [6, 6.07) is 4.16. The van der Waals surface area contributed by atoms with Gasteiger partial charge in [-0.2, -0.15) is 0 Å². The van der Waals surface area contributed by atoms with Crippen LogP contribution in [0.4, 0.5) is 5.69 Å². The van der Waals surface area contributed by atoms with Gasteiger partial charge in [0.2, 0.25) is 15.9 Å². The average molecular weight is 313 g/mol. The molecule has 0 bridgehead atoms. The van der Waals surface area contributed by atoms with Gasteiger partial charge >= 0.3 is 0 Å². The van der Waals surface area contributed by atoms with E-state index in [1.807, 2.05) is 0 Å². The van der Waals surface area contributed by atoms with Crippen LogP contribution in [0.3, 0.4) is 0 Å². The molecule has 2 rings (SSSR count). The van der Waals surface area contributed by atoms with Crippen molar-refractivity contribution in [3.05, 3.63) is 18.2 Å². The summed E-state index contributed by atoms with van der Waals surface area (Å²) in [5, 5.41) is 0. The zero-order valence-electron chi connectivity index (χ0n) is 11.8. The van der Waals surface area contributed by atoms with Crippen molar-refractivity contribution in [1.82, 2.24) is 9.62 Å². The van der Waals surface area contributed by atoms with Gasteiger partial charge in [0.1, 0.15) is 5.75 Å². The van der Waals surface area contributed by atoms with Crippen LogP contribution < -0.4 is 15.2 Å². The van der Waals surface area contributed by atoms with Gasteiger partial charge < -0.3 is 15.4 Å². The zero-order valence-corrected chi connectivity index (χ0v) is 12.6. The molecular weight excluding hydrogens is 294 g/mol. The molecule has 1 aromatic rings. The molecular formula is C13H19N3O4S. The monoisotopic (exact) mass is 313 g/mol. The fraction of sp³-hybridized carbons (Fsp3) is 0.462. The van der Waals surface area contributed by atoms with Crippen LogP contribution in [0.2, 0.25) is 0 Å². The molecule has 1 aromatic carbocycles. The number of nitrogens with zero attached hydrogens (tertiary/aromatic N) is 1. The van der Waals surface area contributed by atoms with Gasteiger partial charge in [-0.1, -0.05) is 0 Å². The largest absolute Gasteiger partial charge is 0.495 e. The van der Waals surface area contributed by atoms with Crippen LogP contribution in [0.1, 0.15) is 12.8 Å². The van der Waals surface area contributed by atoms with Crippen molar-refractivity contribution in [2.24, 2.45) is 0 Å². The molecule has 1 aliphatic heterocycles. The highest BCUT2D eigenvalue weighted by atomic mass is 32.2. The summed E-state index contributed by atoms with van der Waals surface area (Å²) in [6.07, 6.45) is 1.93. The molecule has 1 saturated heterocycles. The van der Waals surface area contributed by atoms with Gasteiger partial charge in [0, 0.05) is 19.2 Å². The van der Waals surface area contributed by atoms with E-state index in [0.29, 0.717) is 18.8 Å². The Balaban J connectivity index is 2.06. The number of carbonyl (C=O) groups is 1. The topological polar surface area (TPSA) is 102 Å². The Morgan fingerprint density at radius 2 is 2.05 bits per heavy atom. The smallest absolute Gasteiger partial charge is 0.241 e. The fourth-order valence-corrected chi connectivity index (χ4v) is 3.17. The number of rotatable bonds is 5. The normalized spacial score (nSPS) is 15.2. The Bertz CT molecular complexity index is 624. The lowest BCUT2D eigenvalue weighted by atomic mass is 10.3. The zero-order chi connectivity index (χ0) is 15.5. The molecule has 0 aliphatic carbocycles. The number of carbonyl (C=O) groups excluding carboxylic acids is 1. The van der Waals surface area contributed by atoms with E-state index >= 15 is 0 Å². The number of nitrogens with two attached hydrogens (primary N) is 1. The number of methoxy groups -OCH3 is 1. The lowest BCUT2D eigenvalue weighted by molar-refractivity contribution is -0.128. The van der Waals surface area contributed by atoms with Gasteiger partial charge in [-0.25, -0.2) is 13.1 Å². The summed E-state index contributed by atoms with van der Waals surface area (Å²) in [5.74, 6) is 0.0715. The van der Waals surface area contributed by atoms with E-state index in [2.05, 4.69) is 4.72 Å². The van der Waals surface area contributed by atoms with Gasteiger partial charge in [-0.3, -0.25) is 4.79 Å². The third kappa shape index (κ3) is 3.64. The third-order valence-corrected chi connectivity index (χ3v) is 4.79. The maximum atomic E-state index is 12.2. The molecule has 7 nitrogen and oxygen atoms in total. The number of nitrogens with one attached hydrogen (secondary N) is 1. The Morgan fingerprint density at radius 1 is 1.38 bits per heavy atom. The molecule has 1 heterocycles. The summed E-state index contributed by atoms with van der Waals surface area (Å²) in [5.41, 5.74) is 6.00. The molecule has 0 aromatic heterocycles. The van der Waals surface area contributed by atoms with Crippen molar-refractivity contribution in [3.8, 4) is 5.75 Å². The van der Waals surface area contributed by atoms with E-state index in [1.54, 1.807) is 4.90 Å². The van der Waals surface area contributed by atoms with E-state index in [-0.39, 0.29) is 23.1 Å². The molecule has 116 valence electrons. The minimum absolute atomic E-state index is 0.0165. The van der Waals surface area contributed by atoms with Crippen molar-refractivity contribution in [2.75, 3.05) is 32.5 Å². The average Bonchev–Trinajstić information content (AvgIpc) is 2.99. The van der Waals surface area contributed by atoms with Crippen molar-refractivity contribution in [1.29, 1.82) is 0 Å². The lowest BCUT2D eigenvalue weighted by Gasteiger charge is -2.15. The van der Waals surface area contributed by atoms with Crippen molar-refractivity contribution in [3.63, 3.8) is 0 Å². The predicted molar refractivity (Wildman–Crippen MR) is 78.4 cm³/mol. The van der Waals surface area contributed by atoms with Crippen LogP contribution in [-0.2, 0) is 14.8 Å². The Morgan fingerprint density at radius 3 is 2.67 bits per heavy atom. The lowest BCUT2D eigenvalue weighted by Crippen LogP contribution is -2.38. The number of amides is 1. The fourth-order valence-electron chi connectivity index (χ4n) is 2.18. The molecule has 1 fully saturated rings. The summed E-state index contributed by atoms with van der Waals surface area (Å²) < 4.78 is 31.6. The van der Waals surface area contributed by atoms with E-state index in [9.17, 15) is 13.2 Å². The first-order chi connectivity index (χ1) is 9.94. The number of sulfonamides is 1. The molecule has 0 radical (unpaired) electrons. The number of anilines is 1. The van der Waals surface area contributed by atoms with Gasteiger partial charge in [0.15, 0.2) is 0 Å². The molecule has 21 heavy (non-hydrogen) atoms.